The van der Waals surface area contributed by atoms with Crippen LogP contribution in [0.4, 0.5) is 0 Å². The molecule has 0 spiro atoms. The first-order valence-corrected chi connectivity index (χ1v) is 5.39. The fourth-order valence-electron chi connectivity index (χ4n) is 1.52. The maximum atomic E-state index is 11.0. The first kappa shape index (κ1) is 11.6. The van der Waals surface area contributed by atoms with Gasteiger partial charge >= 0.3 is 5.97 Å². The predicted octanol–water partition coefficient (Wildman–Crippen LogP) is 3.07. The number of nitrogens with zero attached hydrogens (tertiary/aromatic N) is 1. The fourth-order valence-corrected chi connectivity index (χ4v) is 1.74. The Morgan fingerprint density at radius 1 is 1.41 bits per heavy atom. The number of rotatable bonds is 2. The van der Waals surface area contributed by atoms with Crippen molar-refractivity contribution in [1.29, 1.82) is 0 Å². The maximum Gasteiger partial charge on any atom is 0.330 e. The summed E-state index contributed by atoms with van der Waals surface area (Å²) in [6.07, 6.45) is 4.71. The van der Waals surface area contributed by atoms with Crippen molar-refractivity contribution in [2.24, 2.45) is 0 Å². The molecule has 3 nitrogen and oxygen atoms in total. The third kappa shape index (κ3) is 2.45. The molecule has 0 saturated heterocycles. The summed E-state index contributed by atoms with van der Waals surface area (Å²) in [5.41, 5.74) is 1.59. The Balaban J connectivity index is 2.52. The average molecular weight is 248 g/mol. The van der Waals surface area contributed by atoms with Gasteiger partial charge in [-0.1, -0.05) is 17.7 Å². The van der Waals surface area contributed by atoms with E-state index < -0.39 is 5.97 Å². The monoisotopic (exact) mass is 247 g/mol. The molecular formula is C13H10ClNO2. The fraction of sp³-hybridized carbons (Fsp3) is 0.0769. The van der Waals surface area contributed by atoms with Crippen LogP contribution in [0.3, 0.4) is 0 Å². The van der Waals surface area contributed by atoms with E-state index in [9.17, 15) is 4.79 Å². The van der Waals surface area contributed by atoms with Gasteiger partial charge in [0.05, 0.1) is 17.6 Å². The lowest BCUT2D eigenvalue weighted by Gasteiger charge is -2.02. The van der Waals surface area contributed by atoms with Crippen LogP contribution >= 0.6 is 11.6 Å². The zero-order valence-electron chi connectivity index (χ0n) is 9.18. The standard InChI is InChI=1S/C13H10ClNO2/c1-17-12(16)7-5-9-4-6-11(14)10-3-2-8-15-13(9)10/h2-8H,1H3. The van der Waals surface area contributed by atoms with Gasteiger partial charge in [0.15, 0.2) is 0 Å². The van der Waals surface area contributed by atoms with Crippen LogP contribution < -0.4 is 0 Å². The maximum absolute atomic E-state index is 11.0. The van der Waals surface area contributed by atoms with Crippen LogP contribution in [0.15, 0.2) is 36.5 Å². The van der Waals surface area contributed by atoms with E-state index >= 15 is 0 Å². The number of pyridine rings is 1. The van der Waals surface area contributed by atoms with Crippen LogP contribution in [0.1, 0.15) is 5.56 Å². The number of ether oxygens (including phenoxy) is 1. The van der Waals surface area contributed by atoms with Gasteiger partial charge in [0.1, 0.15) is 0 Å². The van der Waals surface area contributed by atoms with Crippen molar-refractivity contribution >= 4 is 34.5 Å². The van der Waals surface area contributed by atoms with Gasteiger partial charge in [-0.05, 0) is 24.3 Å². The summed E-state index contributed by atoms with van der Waals surface area (Å²) in [4.78, 5) is 15.3. The van der Waals surface area contributed by atoms with E-state index in [0.29, 0.717) is 5.02 Å². The second kappa shape index (κ2) is 4.97. The van der Waals surface area contributed by atoms with Gasteiger partial charge in [0, 0.05) is 23.2 Å². The van der Waals surface area contributed by atoms with Crippen LogP contribution in [0.5, 0.6) is 0 Å². The van der Waals surface area contributed by atoms with Gasteiger partial charge < -0.3 is 4.74 Å². The molecule has 86 valence electrons. The molecule has 2 aromatic rings. The smallest absolute Gasteiger partial charge is 0.330 e. The SMILES string of the molecule is COC(=O)C=Cc1ccc(Cl)c2cccnc12. The quantitative estimate of drug-likeness (QED) is 0.605. The molecule has 0 fully saturated rings. The largest absolute Gasteiger partial charge is 0.466 e. The summed E-state index contributed by atoms with van der Waals surface area (Å²) >= 11 is 6.06. The van der Waals surface area contributed by atoms with E-state index in [4.69, 9.17) is 11.6 Å². The van der Waals surface area contributed by atoms with Crippen molar-refractivity contribution in [2.45, 2.75) is 0 Å². The zero-order valence-corrected chi connectivity index (χ0v) is 9.94. The second-order valence-corrected chi connectivity index (χ2v) is 3.80. The van der Waals surface area contributed by atoms with Crippen molar-refractivity contribution in [3.63, 3.8) is 0 Å². The Kier molecular flexibility index (Phi) is 3.40. The Morgan fingerprint density at radius 2 is 2.24 bits per heavy atom. The molecule has 0 radical (unpaired) electrons. The molecule has 0 aliphatic rings. The molecule has 0 aliphatic heterocycles. The predicted molar refractivity (Wildman–Crippen MR) is 67.8 cm³/mol. The molecule has 0 aliphatic carbocycles. The number of aromatic nitrogens is 1. The number of methoxy groups -OCH3 is 1. The van der Waals surface area contributed by atoms with E-state index in [1.54, 1.807) is 18.3 Å². The second-order valence-electron chi connectivity index (χ2n) is 3.39. The van der Waals surface area contributed by atoms with Crippen LogP contribution in [-0.4, -0.2) is 18.1 Å². The first-order chi connectivity index (χ1) is 8.22. The molecule has 1 aromatic heterocycles. The molecule has 0 bridgehead atoms. The van der Waals surface area contributed by atoms with E-state index in [1.807, 2.05) is 18.2 Å². The number of carbonyl (C=O) groups is 1. The van der Waals surface area contributed by atoms with Gasteiger partial charge in [-0.25, -0.2) is 4.79 Å². The summed E-state index contributed by atoms with van der Waals surface area (Å²) in [5, 5.41) is 1.50. The molecule has 0 N–H and O–H groups in total. The number of halogens is 1. The summed E-state index contributed by atoms with van der Waals surface area (Å²) < 4.78 is 4.54. The highest BCUT2D eigenvalue weighted by atomic mass is 35.5. The molecule has 0 amide bonds. The highest BCUT2D eigenvalue weighted by Crippen LogP contribution is 2.25. The number of hydrogen-bond acceptors (Lipinski definition) is 3. The van der Waals surface area contributed by atoms with E-state index in [0.717, 1.165) is 16.5 Å². The Bertz CT molecular complexity index is 593. The lowest BCUT2D eigenvalue weighted by Crippen LogP contribution is -1.93. The zero-order chi connectivity index (χ0) is 12.3. The summed E-state index contributed by atoms with van der Waals surface area (Å²) in [6, 6.07) is 7.31. The third-order valence-corrected chi connectivity index (χ3v) is 2.68. The van der Waals surface area contributed by atoms with Gasteiger partial charge in [0.2, 0.25) is 0 Å². The number of hydrogen-bond donors (Lipinski definition) is 0. The van der Waals surface area contributed by atoms with Crippen molar-refractivity contribution in [2.75, 3.05) is 7.11 Å². The lowest BCUT2D eigenvalue weighted by atomic mass is 10.1. The summed E-state index contributed by atoms with van der Waals surface area (Å²) in [7, 11) is 1.34. The van der Waals surface area contributed by atoms with Gasteiger partial charge in [0.25, 0.3) is 0 Å². The summed E-state index contributed by atoms with van der Waals surface area (Å²) in [6.45, 7) is 0. The average Bonchev–Trinajstić information content (AvgIpc) is 2.38. The van der Waals surface area contributed by atoms with E-state index in [-0.39, 0.29) is 0 Å². The number of benzene rings is 1. The topological polar surface area (TPSA) is 39.2 Å². The number of esters is 1. The van der Waals surface area contributed by atoms with Crippen LogP contribution in [0.2, 0.25) is 5.02 Å². The highest BCUT2D eigenvalue weighted by molar-refractivity contribution is 6.35. The number of fused-ring (bicyclic) bond motifs is 1. The molecule has 1 aromatic carbocycles. The van der Waals surface area contributed by atoms with Crippen LogP contribution in [-0.2, 0) is 9.53 Å². The van der Waals surface area contributed by atoms with Crippen LogP contribution in [0.25, 0.3) is 17.0 Å². The normalized spacial score (nSPS) is 10.9. The molecule has 2 rings (SSSR count). The number of carbonyl (C=O) groups excluding carboxylic acids is 1. The summed E-state index contributed by atoms with van der Waals surface area (Å²) in [5.74, 6) is -0.399. The minimum absolute atomic E-state index is 0.399. The lowest BCUT2D eigenvalue weighted by molar-refractivity contribution is -0.134. The minimum Gasteiger partial charge on any atom is -0.466 e. The minimum atomic E-state index is -0.399. The molecule has 0 unspecified atom stereocenters. The molecule has 0 atom stereocenters. The van der Waals surface area contributed by atoms with Gasteiger partial charge in [-0.15, -0.1) is 0 Å². The molecule has 4 heteroatoms. The Morgan fingerprint density at radius 3 is 3.00 bits per heavy atom. The van der Waals surface area contributed by atoms with Gasteiger partial charge in [-0.2, -0.15) is 0 Å². The Hall–Kier alpha value is -1.87. The molecule has 17 heavy (non-hydrogen) atoms. The van der Waals surface area contributed by atoms with Gasteiger partial charge in [-0.3, -0.25) is 4.98 Å². The first-order valence-electron chi connectivity index (χ1n) is 5.01. The third-order valence-electron chi connectivity index (χ3n) is 2.35. The van der Waals surface area contributed by atoms with Crippen LogP contribution in [0, 0.1) is 0 Å². The van der Waals surface area contributed by atoms with Crippen molar-refractivity contribution in [3.05, 3.63) is 47.1 Å². The van der Waals surface area contributed by atoms with E-state index in [2.05, 4.69) is 9.72 Å². The molecular weight excluding hydrogens is 238 g/mol. The Labute approximate surface area is 104 Å². The molecule has 0 saturated carbocycles. The van der Waals surface area contributed by atoms with Crippen molar-refractivity contribution in [1.82, 2.24) is 4.98 Å². The highest BCUT2D eigenvalue weighted by Gasteiger charge is 2.03. The van der Waals surface area contributed by atoms with Crippen molar-refractivity contribution < 1.29 is 9.53 Å². The van der Waals surface area contributed by atoms with Crippen molar-refractivity contribution in [3.8, 4) is 0 Å². The molecule has 1 heterocycles. The van der Waals surface area contributed by atoms with E-state index in [1.165, 1.54) is 13.2 Å².